The lowest BCUT2D eigenvalue weighted by atomic mass is 9.95. The summed E-state index contributed by atoms with van der Waals surface area (Å²) in [6.45, 7) is 8.75. The smallest absolute Gasteiger partial charge is 0.341 e. The molecule has 0 spiro atoms. The Hall–Kier alpha value is -1.40. The Kier molecular flexibility index (Phi) is 9.28. The van der Waals surface area contributed by atoms with Gasteiger partial charge in [-0.1, -0.05) is 26.7 Å². The standard InChI is InChI=1S/C21H34N2O3S/c1-4-7-13-23(14-8-5-2)15-18(24)22-20-19(21(25)26-6-3)16-11-9-10-12-17(16)27-20/h4-15H2,1-3H3,(H,22,24). The van der Waals surface area contributed by atoms with E-state index in [4.69, 9.17) is 4.74 Å². The molecule has 0 saturated heterocycles. The van der Waals surface area contributed by atoms with Crippen molar-refractivity contribution in [3.63, 3.8) is 0 Å². The molecule has 2 rings (SSSR count). The van der Waals surface area contributed by atoms with Crippen LogP contribution in [0, 0.1) is 0 Å². The molecule has 0 atom stereocenters. The monoisotopic (exact) mass is 394 g/mol. The lowest BCUT2D eigenvalue weighted by Gasteiger charge is -2.21. The molecule has 0 bridgehead atoms. The van der Waals surface area contributed by atoms with Gasteiger partial charge in [0.05, 0.1) is 18.7 Å². The van der Waals surface area contributed by atoms with Gasteiger partial charge in [-0.2, -0.15) is 0 Å². The number of carbonyl (C=O) groups excluding carboxylic acids is 2. The van der Waals surface area contributed by atoms with Crippen molar-refractivity contribution in [3.05, 3.63) is 16.0 Å². The van der Waals surface area contributed by atoms with Gasteiger partial charge in [-0.05, 0) is 64.1 Å². The van der Waals surface area contributed by atoms with Crippen molar-refractivity contribution in [1.29, 1.82) is 0 Å². The number of amides is 1. The SMILES string of the molecule is CCCCN(CCCC)CC(=O)Nc1sc2c(c1C(=O)OCC)CCCC2. The van der Waals surface area contributed by atoms with Crippen LogP contribution in [0.15, 0.2) is 0 Å². The number of carbonyl (C=O) groups is 2. The number of nitrogens with one attached hydrogen (secondary N) is 1. The van der Waals surface area contributed by atoms with E-state index in [-0.39, 0.29) is 11.9 Å². The van der Waals surface area contributed by atoms with Crippen LogP contribution in [0.3, 0.4) is 0 Å². The number of thiophene rings is 1. The van der Waals surface area contributed by atoms with Crippen molar-refractivity contribution in [2.24, 2.45) is 0 Å². The van der Waals surface area contributed by atoms with Crippen LogP contribution in [-0.2, 0) is 22.4 Å². The van der Waals surface area contributed by atoms with Crippen molar-refractivity contribution < 1.29 is 14.3 Å². The highest BCUT2D eigenvalue weighted by Gasteiger charge is 2.27. The molecule has 27 heavy (non-hydrogen) atoms. The van der Waals surface area contributed by atoms with Crippen molar-refractivity contribution in [2.75, 3.05) is 31.6 Å². The second-order valence-electron chi connectivity index (χ2n) is 7.17. The highest BCUT2D eigenvalue weighted by molar-refractivity contribution is 7.17. The maximum Gasteiger partial charge on any atom is 0.341 e. The zero-order chi connectivity index (χ0) is 19.6. The van der Waals surface area contributed by atoms with Gasteiger partial charge in [0.2, 0.25) is 5.91 Å². The number of hydrogen-bond acceptors (Lipinski definition) is 5. The molecular formula is C21H34N2O3S. The topological polar surface area (TPSA) is 58.6 Å². The molecule has 6 heteroatoms. The average molecular weight is 395 g/mol. The van der Waals surface area contributed by atoms with Crippen LogP contribution in [0.2, 0.25) is 0 Å². The first kappa shape index (κ1) is 21.9. The molecule has 0 aliphatic heterocycles. The normalized spacial score (nSPS) is 13.5. The van der Waals surface area contributed by atoms with Crippen LogP contribution in [-0.4, -0.2) is 43.0 Å². The van der Waals surface area contributed by atoms with E-state index >= 15 is 0 Å². The Bertz CT molecular complexity index is 619. The first-order chi connectivity index (χ1) is 13.1. The van der Waals surface area contributed by atoms with Crippen molar-refractivity contribution in [1.82, 2.24) is 4.90 Å². The summed E-state index contributed by atoms with van der Waals surface area (Å²) in [5.41, 5.74) is 1.69. The summed E-state index contributed by atoms with van der Waals surface area (Å²) in [4.78, 5) is 28.7. The molecule has 0 fully saturated rings. The zero-order valence-corrected chi connectivity index (χ0v) is 17.9. The summed E-state index contributed by atoms with van der Waals surface area (Å²) >= 11 is 1.56. The number of ether oxygens (including phenoxy) is 1. The minimum Gasteiger partial charge on any atom is -0.462 e. The Labute approximate surface area is 167 Å². The number of anilines is 1. The van der Waals surface area contributed by atoms with Gasteiger partial charge in [0.25, 0.3) is 0 Å². The number of nitrogens with zero attached hydrogens (tertiary/aromatic N) is 1. The zero-order valence-electron chi connectivity index (χ0n) is 17.1. The Morgan fingerprint density at radius 1 is 1.07 bits per heavy atom. The molecule has 0 radical (unpaired) electrons. The van der Waals surface area contributed by atoms with Gasteiger partial charge in [0, 0.05) is 4.88 Å². The van der Waals surface area contributed by atoms with E-state index in [1.165, 1.54) is 4.88 Å². The summed E-state index contributed by atoms with van der Waals surface area (Å²) in [5.74, 6) is -0.340. The lowest BCUT2D eigenvalue weighted by Crippen LogP contribution is -2.34. The highest BCUT2D eigenvalue weighted by Crippen LogP contribution is 2.38. The van der Waals surface area contributed by atoms with Crippen LogP contribution < -0.4 is 5.32 Å². The molecule has 1 aromatic heterocycles. The fourth-order valence-corrected chi connectivity index (χ4v) is 4.77. The van der Waals surface area contributed by atoms with Gasteiger partial charge in [0.15, 0.2) is 0 Å². The summed E-state index contributed by atoms with van der Waals surface area (Å²) in [6, 6.07) is 0. The minimum absolute atomic E-state index is 0.0358. The van der Waals surface area contributed by atoms with Crippen molar-refractivity contribution in [2.45, 2.75) is 72.1 Å². The average Bonchev–Trinajstić information content (AvgIpc) is 3.01. The van der Waals surface area contributed by atoms with E-state index < -0.39 is 0 Å². The van der Waals surface area contributed by atoms with Gasteiger partial charge in [-0.25, -0.2) is 4.79 Å². The maximum absolute atomic E-state index is 12.7. The van der Waals surface area contributed by atoms with Crippen molar-refractivity contribution in [3.8, 4) is 0 Å². The van der Waals surface area contributed by atoms with Crippen LogP contribution in [0.5, 0.6) is 0 Å². The van der Waals surface area contributed by atoms with Crippen LogP contribution in [0.4, 0.5) is 5.00 Å². The number of rotatable bonds is 11. The Morgan fingerprint density at radius 3 is 2.37 bits per heavy atom. The fraction of sp³-hybridized carbons (Fsp3) is 0.714. The second-order valence-corrected chi connectivity index (χ2v) is 8.27. The molecule has 0 aromatic carbocycles. The molecule has 5 nitrogen and oxygen atoms in total. The van der Waals surface area contributed by atoms with Gasteiger partial charge >= 0.3 is 5.97 Å². The summed E-state index contributed by atoms with van der Waals surface area (Å²) in [7, 11) is 0. The van der Waals surface area contributed by atoms with Gasteiger partial charge < -0.3 is 10.1 Å². The summed E-state index contributed by atoms with van der Waals surface area (Å²) in [6.07, 6.45) is 8.55. The third-order valence-electron chi connectivity index (χ3n) is 4.93. The molecule has 1 N–H and O–H groups in total. The van der Waals surface area contributed by atoms with Gasteiger partial charge in [-0.15, -0.1) is 11.3 Å². The number of aryl methyl sites for hydroxylation is 1. The quantitative estimate of drug-likeness (QED) is 0.555. The first-order valence-electron chi connectivity index (χ1n) is 10.4. The number of hydrogen-bond donors (Lipinski definition) is 1. The molecule has 1 aliphatic carbocycles. The van der Waals surface area contributed by atoms with E-state index in [9.17, 15) is 9.59 Å². The number of unbranched alkanes of at least 4 members (excludes halogenated alkanes) is 2. The van der Waals surface area contributed by atoms with E-state index in [0.717, 1.165) is 70.0 Å². The van der Waals surface area contributed by atoms with Gasteiger partial charge in [-0.3, -0.25) is 9.69 Å². The molecule has 152 valence electrons. The van der Waals surface area contributed by atoms with Gasteiger partial charge in [0.1, 0.15) is 5.00 Å². The third-order valence-corrected chi connectivity index (χ3v) is 6.13. The maximum atomic E-state index is 12.7. The van der Waals surface area contributed by atoms with Crippen LogP contribution in [0.1, 0.15) is 80.1 Å². The lowest BCUT2D eigenvalue weighted by molar-refractivity contribution is -0.117. The second kappa shape index (κ2) is 11.4. The summed E-state index contributed by atoms with van der Waals surface area (Å²) in [5, 5.41) is 3.70. The predicted molar refractivity (Wildman–Crippen MR) is 112 cm³/mol. The highest BCUT2D eigenvalue weighted by atomic mass is 32.1. The molecule has 0 unspecified atom stereocenters. The Morgan fingerprint density at radius 2 is 1.74 bits per heavy atom. The largest absolute Gasteiger partial charge is 0.462 e. The third kappa shape index (κ3) is 6.32. The number of esters is 1. The van der Waals surface area contributed by atoms with E-state index in [1.807, 2.05) is 6.92 Å². The van der Waals surface area contributed by atoms with E-state index in [1.54, 1.807) is 11.3 Å². The molecule has 0 saturated carbocycles. The Balaban J connectivity index is 2.11. The van der Waals surface area contributed by atoms with E-state index in [0.29, 0.717) is 23.7 Å². The number of fused-ring (bicyclic) bond motifs is 1. The van der Waals surface area contributed by atoms with Crippen LogP contribution in [0.25, 0.3) is 0 Å². The predicted octanol–water partition coefficient (Wildman–Crippen LogP) is 4.64. The molecule has 1 aliphatic rings. The molecule has 1 aromatic rings. The first-order valence-corrected chi connectivity index (χ1v) is 11.3. The molecular weight excluding hydrogens is 360 g/mol. The van der Waals surface area contributed by atoms with Crippen LogP contribution >= 0.6 is 11.3 Å². The van der Waals surface area contributed by atoms with E-state index in [2.05, 4.69) is 24.1 Å². The summed E-state index contributed by atoms with van der Waals surface area (Å²) < 4.78 is 5.27. The molecule has 1 amide bonds. The minimum atomic E-state index is -0.305. The molecule has 1 heterocycles. The fourth-order valence-electron chi connectivity index (χ4n) is 3.48. The van der Waals surface area contributed by atoms with Crippen molar-refractivity contribution >= 4 is 28.2 Å².